The van der Waals surface area contributed by atoms with E-state index in [9.17, 15) is 23.2 Å². The van der Waals surface area contributed by atoms with Crippen molar-refractivity contribution >= 4 is 17.9 Å². The summed E-state index contributed by atoms with van der Waals surface area (Å²) in [5, 5.41) is 11.1. The summed E-state index contributed by atoms with van der Waals surface area (Å²) in [6.07, 6.45) is 6.12. The van der Waals surface area contributed by atoms with Crippen LogP contribution in [0.25, 0.3) is 0 Å². The van der Waals surface area contributed by atoms with E-state index in [-0.39, 0.29) is 17.0 Å². The molecule has 0 atom stereocenters. The Hall–Kier alpha value is -0.470. The Labute approximate surface area is 131 Å². The number of hydrogen-bond acceptors (Lipinski definition) is 5. The maximum absolute atomic E-state index is 12.4. The Balaban J connectivity index is 1.48. The Morgan fingerprint density at radius 3 is 2.14 bits per heavy atom. The average molecular weight is 338 g/mol. The number of esters is 1. The van der Waals surface area contributed by atoms with Crippen LogP contribution in [0.15, 0.2) is 0 Å². The highest BCUT2D eigenvalue weighted by molar-refractivity contribution is 7.97. The molecule has 22 heavy (non-hydrogen) atoms. The minimum Gasteiger partial charge on any atom is -0.775 e. The fraction of sp³-hybridized carbons (Fsp3) is 0.929. The number of nitrogens with zero attached hydrogens (tertiary/aromatic N) is 1. The summed E-state index contributed by atoms with van der Waals surface area (Å²) in [6, 6.07) is 0. The van der Waals surface area contributed by atoms with Gasteiger partial charge in [0.1, 0.15) is 6.61 Å². The molecule has 0 aliphatic heterocycles. The first-order valence-corrected chi connectivity index (χ1v) is 8.41. The molecule has 0 aromatic carbocycles. The third kappa shape index (κ3) is 3.54. The average Bonchev–Trinajstić information content (AvgIpc) is 2.34. The first-order valence-electron chi connectivity index (χ1n) is 7.63. The van der Waals surface area contributed by atoms with Gasteiger partial charge < -0.3 is 14.4 Å². The van der Waals surface area contributed by atoms with Crippen molar-refractivity contribution in [2.45, 2.75) is 44.0 Å². The highest BCUT2D eigenvalue weighted by atomic mass is 32.2. The van der Waals surface area contributed by atoms with Gasteiger partial charge in [-0.25, -0.2) is 0 Å². The first kappa shape index (κ1) is 16.4. The van der Waals surface area contributed by atoms with Gasteiger partial charge in [-0.15, -0.1) is 0 Å². The van der Waals surface area contributed by atoms with Crippen LogP contribution in [0.2, 0.25) is 0 Å². The van der Waals surface area contributed by atoms with Gasteiger partial charge >= 0.3 is 11.5 Å². The van der Waals surface area contributed by atoms with E-state index in [1.54, 1.807) is 0 Å². The van der Waals surface area contributed by atoms with Crippen LogP contribution in [-0.4, -0.2) is 29.1 Å². The molecule has 0 saturated heterocycles. The number of hydroxylamine groups is 1. The second kappa shape index (κ2) is 5.87. The molecule has 4 bridgehead atoms. The van der Waals surface area contributed by atoms with Crippen LogP contribution >= 0.6 is 11.9 Å². The van der Waals surface area contributed by atoms with Crippen molar-refractivity contribution in [1.29, 1.82) is 0 Å². The highest BCUT2D eigenvalue weighted by Gasteiger charge is 2.55. The molecular weight excluding hydrogens is 319 g/mol. The van der Waals surface area contributed by atoms with E-state index in [0.29, 0.717) is 17.8 Å². The van der Waals surface area contributed by atoms with E-state index in [0.717, 1.165) is 19.3 Å². The number of ether oxygens (including phenoxy) is 1. The minimum atomic E-state index is -4.61. The van der Waals surface area contributed by atoms with Gasteiger partial charge in [-0.05, 0) is 56.3 Å². The van der Waals surface area contributed by atoms with Crippen molar-refractivity contribution in [2.24, 2.45) is 23.2 Å². The van der Waals surface area contributed by atoms with Gasteiger partial charge in [0.25, 0.3) is 0 Å². The van der Waals surface area contributed by atoms with Gasteiger partial charge in [0.15, 0.2) is 0 Å². The Morgan fingerprint density at radius 2 is 1.68 bits per heavy atom. The molecule has 0 amide bonds. The molecule has 4 fully saturated rings. The van der Waals surface area contributed by atoms with Gasteiger partial charge in [-0.3, -0.25) is 4.79 Å². The molecule has 0 radical (unpaired) electrons. The van der Waals surface area contributed by atoms with Crippen LogP contribution < -0.4 is 0 Å². The Bertz CT molecular complexity index is 408. The normalized spacial score (nSPS) is 36.9. The molecule has 0 N–H and O–H groups in total. The molecule has 4 aliphatic carbocycles. The molecule has 8 heteroatoms. The van der Waals surface area contributed by atoms with E-state index in [1.807, 2.05) is 0 Å². The molecule has 0 unspecified atom stereocenters. The quantitative estimate of drug-likeness (QED) is 0.434. The van der Waals surface area contributed by atoms with Crippen molar-refractivity contribution < 1.29 is 22.7 Å². The van der Waals surface area contributed by atoms with Crippen LogP contribution in [-0.2, 0) is 9.53 Å². The largest absolute Gasteiger partial charge is 0.775 e. The summed E-state index contributed by atoms with van der Waals surface area (Å²) in [6.45, 7) is -0.755. The van der Waals surface area contributed by atoms with E-state index in [2.05, 4.69) is 0 Å². The number of halogens is 3. The van der Waals surface area contributed by atoms with Gasteiger partial charge in [-0.2, -0.15) is 13.2 Å². The second-order valence-electron chi connectivity index (χ2n) is 6.93. The van der Waals surface area contributed by atoms with Crippen LogP contribution in [0.1, 0.15) is 38.5 Å². The molecule has 0 aromatic heterocycles. The fourth-order valence-corrected chi connectivity index (χ4v) is 5.28. The predicted molar refractivity (Wildman–Crippen MR) is 75.3 cm³/mol. The van der Waals surface area contributed by atoms with E-state index in [4.69, 9.17) is 4.74 Å². The molecule has 4 saturated carbocycles. The lowest BCUT2D eigenvalue weighted by Crippen LogP contribution is -2.50. The lowest BCUT2D eigenvalue weighted by Gasteiger charge is -2.55. The third-order valence-corrected chi connectivity index (χ3v) is 5.78. The van der Waals surface area contributed by atoms with E-state index < -0.39 is 29.4 Å². The third-order valence-electron chi connectivity index (χ3n) is 5.18. The van der Waals surface area contributed by atoms with Crippen LogP contribution in [0.4, 0.5) is 13.2 Å². The fourth-order valence-electron chi connectivity index (χ4n) is 4.89. The summed E-state index contributed by atoms with van der Waals surface area (Å²) in [5.74, 6) is 1.47. The van der Waals surface area contributed by atoms with Crippen LogP contribution in [0.3, 0.4) is 0 Å². The van der Waals surface area contributed by atoms with Gasteiger partial charge in [0, 0.05) is 18.5 Å². The zero-order valence-electron chi connectivity index (χ0n) is 12.1. The van der Waals surface area contributed by atoms with Crippen molar-refractivity contribution in [3.63, 3.8) is 0 Å². The summed E-state index contributed by atoms with van der Waals surface area (Å²) in [5.41, 5.74) is -5.04. The lowest BCUT2D eigenvalue weighted by atomic mass is 9.49. The first-order chi connectivity index (χ1) is 10.3. The molecular formula is C14H19F3NO3S-. The highest BCUT2D eigenvalue weighted by Crippen LogP contribution is 2.60. The topological polar surface area (TPSA) is 52.6 Å². The number of carbonyl (C=O) groups is 1. The molecule has 4 nitrogen and oxygen atoms in total. The minimum absolute atomic E-state index is 0.188. The van der Waals surface area contributed by atoms with Gasteiger partial charge in [0.2, 0.25) is 0 Å². The number of hydrogen-bond donors (Lipinski definition) is 0. The summed E-state index contributed by atoms with van der Waals surface area (Å²) in [7, 11) is 0. The summed E-state index contributed by atoms with van der Waals surface area (Å²) < 4.78 is 41.0. The van der Waals surface area contributed by atoms with E-state index in [1.165, 1.54) is 19.3 Å². The zero-order valence-corrected chi connectivity index (χ0v) is 12.9. The zero-order chi connectivity index (χ0) is 16.0. The summed E-state index contributed by atoms with van der Waals surface area (Å²) in [4.78, 5) is 12.4. The Kier molecular flexibility index (Phi) is 4.37. The molecule has 4 aliphatic rings. The lowest BCUT2D eigenvalue weighted by molar-refractivity contribution is -0.171. The molecule has 0 spiro atoms. The number of rotatable bonds is 5. The molecule has 0 aromatic rings. The van der Waals surface area contributed by atoms with Crippen LogP contribution in [0.5, 0.6) is 0 Å². The standard InChI is InChI=1S/C14H19F3NO3S/c15-14(16,17)22-18(20)1-2-21-12(19)13-6-9-3-10(7-13)5-11(4-9)8-13/h9-11H,1-8H2/q-1. The smallest absolute Gasteiger partial charge is 0.455 e. The Morgan fingerprint density at radius 1 is 1.18 bits per heavy atom. The maximum Gasteiger partial charge on any atom is 0.455 e. The molecule has 4 rings (SSSR count). The van der Waals surface area contributed by atoms with E-state index >= 15 is 0 Å². The van der Waals surface area contributed by atoms with Crippen molar-refractivity contribution in [3.8, 4) is 0 Å². The predicted octanol–water partition coefficient (Wildman–Crippen LogP) is 3.71. The molecule has 126 valence electrons. The monoisotopic (exact) mass is 338 g/mol. The van der Waals surface area contributed by atoms with Gasteiger partial charge in [-0.1, -0.05) is 0 Å². The maximum atomic E-state index is 12.4. The van der Waals surface area contributed by atoms with Crippen LogP contribution in [0, 0.1) is 28.4 Å². The van der Waals surface area contributed by atoms with Crippen molar-refractivity contribution in [1.82, 2.24) is 4.47 Å². The number of alkyl halides is 3. The van der Waals surface area contributed by atoms with Gasteiger partial charge in [0.05, 0.1) is 5.41 Å². The summed E-state index contributed by atoms with van der Waals surface area (Å²) >= 11 is -0.746. The second-order valence-corrected chi connectivity index (χ2v) is 7.98. The molecule has 0 heterocycles. The SMILES string of the molecule is O=C(OCCN([O-])SC(F)(F)F)C12CC3CC(CC(C3)C1)C2. The van der Waals surface area contributed by atoms with Crippen molar-refractivity contribution in [3.05, 3.63) is 5.21 Å². The number of carbonyl (C=O) groups excluding carboxylic acids is 1. The van der Waals surface area contributed by atoms with Crippen molar-refractivity contribution in [2.75, 3.05) is 13.2 Å².